The summed E-state index contributed by atoms with van der Waals surface area (Å²) >= 11 is 1.75. The molecule has 1 saturated carbocycles. The Morgan fingerprint density at radius 2 is 2.36 bits per heavy atom. The second-order valence-electron chi connectivity index (χ2n) is 5.08. The van der Waals surface area contributed by atoms with Crippen molar-refractivity contribution < 1.29 is 4.74 Å². The van der Waals surface area contributed by atoms with E-state index in [0.717, 1.165) is 24.4 Å². The molecule has 2 unspecified atom stereocenters. The van der Waals surface area contributed by atoms with Crippen molar-refractivity contribution in [2.45, 2.75) is 26.7 Å². The maximum atomic E-state index is 5.61. The minimum Gasteiger partial charge on any atom is -0.367 e. The van der Waals surface area contributed by atoms with Crippen molar-refractivity contribution in [2.24, 2.45) is 17.3 Å². The average Bonchev–Trinajstić information content (AvgIpc) is 2.18. The van der Waals surface area contributed by atoms with Gasteiger partial charge in [0.05, 0.1) is 12.5 Å². The van der Waals surface area contributed by atoms with E-state index in [0.29, 0.717) is 5.41 Å². The van der Waals surface area contributed by atoms with Gasteiger partial charge in [-0.1, -0.05) is 19.9 Å². The van der Waals surface area contributed by atoms with E-state index in [4.69, 9.17) is 4.74 Å². The smallest absolute Gasteiger partial charge is 0.0922 e. The number of thioether (sulfide) groups is 1. The SMILES string of the molecule is CSCOCC1=CCC2CC1C2(C)C. The van der Waals surface area contributed by atoms with E-state index in [1.54, 1.807) is 17.3 Å². The van der Waals surface area contributed by atoms with E-state index in [1.165, 1.54) is 12.8 Å². The topological polar surface area (TPSA) is 9.23 Å². The molecule has 0 aliphatic heterocycles. The molecule has 2 atom stereocenters. The van der Waals surface area contributed by atoms with E-state index < -0.39 is 0 Å². The average molecular weight is 212 g/mol. The molecule has 0 spiro atoms. The molecule has 80 valence electrons. The normalized spacial score (nSPS) is 33.5. The molecule has 14 heavy (non-hydrogen) atoms. The van der Waals surface area contributed by atoms with Crippen molar-refractivity contribution >= 4 is 11.8 Å². The summed E-state index contributed by atoms with van der Waals surface area (Å²) in [7, 11) is 0. The van der Waals surface area contributed by atoms with Crippen LogP contribution in [0.15, 0.2) is 11.6 Å². The Kier molecular flexibility index (Phi) is 2.94. The first-order chi connectivity index (χ1) is 6.66. The molecule has 2 heteroatoms. The van der Waals surface area contributed by atoms with Gasteiger partial charge >= 0.3 is 0 Å². The highest BCUT2D eigenvalue weighted by Gasteiger charge is 2.50. The van der Waals surface area contributed by atoms with Crippen LogP contribution in [-0.4, -0.2) is 18.8 Å². The van der Waals surface area contributed by atoms with Gasteiger partial charge in [0.15, 0.2) is 0 Å². The molecule has 0 N–H and O–H groups in total. The van der Waals surface area contributed by atoms with Gasteiger partial charge in [-0.15, -0.1) is 11.8 Å². The number of fused-ring (bicyclic) bond motifs is 1. The second kappa shape index (κ2) is 3.90. The number of ether oxygens (including phenoxy) is 1. The van der Waals surface area contributed by atoms with Crippen LogP contribution in [0.5, 0.6) is 0 Å². The van der Waals surface area contributed by atoms with E-state index in [1.807, 2.05) is 0 Å². The lowest BCUT2D eigenvalue weighted by atomic mass is 9.49. The zero-order valence-corrected chi connectivity index (χ0v) is 10.2. The molecule has 2 bridgehead atoms. The van der Waals surface area contributed by atoms with Crippen molar-refractivity contribution in [3.05, 3.63) is 11.6 Å². The summed E-state index contributed by atoms with van der Waals surface area (Å²) in [6.45, 7) is 5.68. The molecule has 3 rings (SSSR count). The zero-order chi connectivity index (χ0) is 10.2. The lowest BCUT2D eigenvalue weighted by Crippen LogP contribution is -2.48. The maximum Gasteiger partial charge on any atom is 0.0922 e. The maximum absolute atomic E-state index is 5.61. The zero-order valence-electron chi connectivity index (χ0n) is 9.38. The van der Waals surface area contributed by atoms with E-state index in [2.05, 4.69) is 26.2 Å². The van der Waals surface area contributed by atoms with Crippen LogP contribution in [0, 0.1) is 17.3 Å². The van der Waals surface area contributed by atoms with Crippen LogP contribution in [0.3, 0.4) is 0 Å². The van der Waals surface area contributed by atoms with Gasteiger partial charge in [-0.25, -0.2) is 0 Å². The summed E-state index contributed by atoms with van der Waals surface area (Å²) < 4.78 is 5.61. The summed E-state index contributed by atoms with van der Waals surface area (Å²) in [6, 6.07) is 0. The molecule has 0 radical (unpaired) electrons. The van der Waals surface area contributed by atoms with Gasteiger partial charge in [0.2, 0.25) is 0 Å². The lowest BCUT2D eigenvalue weighted by molar-refractivity contribution is -0.0153. The van der Waals surface area contributed by atoms with Crippen LogP contribution in [0.4, 0.5) is 0 Å². The Bertz CT molecular complexity index is 245. The van der Waals surface area contributed by atoms with Crippen LogP contribution in [0.1, 0.15) is 26.7 Å². The standard InChI is InChI=1S/C12H20OS/c1-12(2)10-5-4-9(11(12)6-10)7-13-8-14-3/h4,10-11H,5-8H2,1-3H3. The predicted octanol–water partition coefficient (Wildman–Crippen LogP) is 3.32. The van der Waals surface area contributed by atoms with Crippen LogP contribution in [-0.2, 0) is 4.74 Å². The molecule has 0 saturated heterocycles. The Morgan fingerprint density at radius 3 is 2.93 bits per heavy atom. The quantitative estimate of drug-likeness (QED) is 0.402. The molecule has 0 aromatic heterocycles. The van der Waals surface area contributed by atoms with Crippen molar-refractivity contribution in [3.63, 3.8) is 0 Å². The first kappa shape index (κ1) is 10.6. The summed E-state index contributed by atoms with van der Waals surface area (Å²) in [5.41, 5.74) is 2.11. The molecule has 1 fully saturated rings. The molecular formula is C12H20OS. The highest BCUT2D eigenvalue weighted by molar-refractivity contribution is 7.98. The summed E-state index contributed by atoms with van der Waals surface area (Å²) in [5.74, 6) is 2.58. The van der Waals surface area contributed by atoms with Crippen LogP contribution < -0.4 is 0 Å². The number of rotatable bonds is 4. The molecular weight excluding hydrogens is 192 g/mol. The van der Waals surface area contributed by atoms with Crippen molar-refractivity contribution in [2.75, 3.05) is 18.8 Å². The molecule has 3 aliphatic carbocycles. The fourth-order valence-corrected chi connectivity index (χ4v) is 3.13. The Balaban J connectivity index is 1.91. The van der Waals surface area contributed by atoms with Gasteiger partial charge in [-0.2, -0.15) is 0 Å². The summed E-state index contributed by atoms with van der Waals surface area (Å²) in [6.07, 6.45) is 7.19. The largest absolute Gasteiger partial charge is 0.367 e. The van der Waals surface area contributed by atoms with Crippen molar-refractivity contribution in [1.82, 2.24) is 0 Å². The Morgan fingerprint density at radius 1 is 1.57 bits per heavy atom. The van der Waals surface area contributed by atoms with Crippen LogP contribution in [0.25, 0.3) is 0 Å². The Hall–Kier alpha value is 0.0500. The second-order valence-corrected chi connectivity index (χ2v) is 5.89. The van der Waals surface area contributed by atoms with Crippen molar-refractivity contribution in [3.8, 4) is 0 Å². The fraction of sp³-hybridized carbons (Fsp3) is 0.833. The van der Waals surface area contributed by atoms with Gasteiger partial charge in [0, 0.05) is 0 Å². The number of hydrogen-bond donors (Lipinski definition) is 0. The van der Waals surface area contributed by atoms with E-state index >= 15 is 0 Å². The Labute approximate surface area is 91.3 Å². The van der Waals surface area contributed by atoms with Gasteiger partial charge in [-0.3, -0.25) is 0 Å². The first-order valence-corrected chi connectivity index (χ1v) is 6.81. The molecule has 0 aromatic rings. The molecule has 0 aromatic carbocycles. The fourth-order valence-electron chi connectivity index (χ4n) is 2.88. The van der Waals surface area contributed by atoms with Crippen molar-refractivity contribution in [1.29, 1.82) is 0 Å². The minimum atomic E-state index is 0.548. The monoisotopic (exact) mass is 212 g/mol. The van der Waals surface area contributed by atoms with Gasteiger partial charge < -0.3 is 4.74 Å². The number of allylic oxidation sites excluding steroid dienone is 1. The van der Waals surface area contributed by atoms with Crippen LogP contribution in [0.2, 0.25) is 0 Å². The third kappa shape index (κ3) is 1.63. The van der Waals surface area contributed by atoms with Crippen LogP contribution >= 0.6 is 11.8 Å². The van der Waals surface area contributed by atoms with E-state index in [-0.39, 0.29) is 0 Å². The van der Waals surface area contributed by atoms with Gasteiger partial charge in [-0.05, 0) is 41.9 Å². The van der Waals surface area contributed by atoms with Gasteiger partial charge in [0.25, 0.3) is 0 Å². The highest BCUT2D eigenvalue weighted by atomic mass is 32.2. The van der Waals surface area contributed by atoms with E-state index in [9.17, 15) is 0 Å². The first-order valence-electron chi connectivity index (χ1n) is 5.42. The predicted molar refractivity (Wildman–Crippen MR) is 62.4 cm³/mol. The molecule has 3 aliphatic rings. The number of hydrogen-bond acceptors (Lipinski definition) is 2. The minimum absolute atomic E-state index is 0.548. The molecule has 0 amide bonds. The highest BCUT2D eigenvalue weighted by Crippen LogP contribution is 2.59. The molecule has 0 heterocycles. The lowest BCUT2D eigenvalue weighted by Gasteiger charge is -2.56. The van der Waals surface area contributed by atoms with Gasteiger partial charge in [0.1, 0.15) is 0 Å². The molecule has 1 nitrogen and oxygen atoms in total. The summed E-state index contributed by atoms with van der Waals surface area (Å²) in [5, 5.41) is 0. The summed E-state index contributed by atoms with van der Waals surface area (Å²) in [4.78, 5) is 0. The third-order valence-electron chi connectivity index (χ3n) is 4.05. The third-order valence-corrected chi connectivity index (χ3v) is 4.45.